The molecule has 0 atom stereocenters. The minimum absolute atomic E-state index is 0. The monoisotopic (exact) mass is 598 g/mol. The smallest absolute Gasteiger partial charge is 0.411 e. The first-order valence-electron chi connectivity index (χ1n) is 13.8. The van der Waals surface area contributed by atoms with Crippen molar-refractivity contribution in [3.63, 3.8) is 0 Å². The van der Waals surface area contributed by atoms with E-state index in [1.165, 1.54) is 40.5 Å². The van der Waals surface area contributed by atoms with Gasteiger partial charge in [-0.2, -0.15) is 10.2 Å². The Morgan fingerprint density at radius 2 is 1.18 bits per heavy atom. The molecule has 2 aliphatic rings. The number of methoxy groups -OCH3 is 1. The molecule has 0 saturated carbocycles. The average Bonchev–Trinajstić information content (AvgIpc) is 3.82. The lowest BCUT2D eigenvalue weighted by Gasteiger charge is -2.05. The van der Waals surface area contributed by atoms with Gasteiger partial charge in [-0.1, -0.05) is 87.6 Å². The third-order valence-corrected chi connectivity index (χ3v) is 7.88. The van der Waals surface area contributed by atoms with Gasteiger partial charge < -0.3 is 4.74 Å². The van der Waals surface area contributed by atoms with Gasteiger partial charge in [0.15, 0.2) is 0 Å². The number of carbonyl (C=O) groups is 1. The average molecular weight is 599 g/mol. The molecule has 9 heteroatoms. The first-order chi connectivity index (χ1) is 21.1. The van der Waals surface area contributed by atoms with Gasteiger partial charge in [-0.05, 0) is 40.6 Å². The molecule has 0 spiro atoms. The van der Waals surface area contributed by atoms with Gasteiger partial charge in [0.25, 0.3) is 0 Å². The number of aromatic nitrogens is 4. The first-order valence-corrected chi connectivity index (χ1v) is 13.8. The molecule has 0 bridgehead atoms. The van der Waals surface area contributed by atoms with E-state index >= 15 is 0 Å². The van der Waals surface area contributed by atoms with E-state index in [9.17, 15) is 9.70 Å². The number of hydrogen-bond acceptors (Lipinski definition) is 6. The second kappa shape index (κ2) is 12.8. The zero-order chi connectivity index (χ0) is 29.3. The third-order valence-electron chi connectivity index (χ3n) is 7.88. The molecule has 45 heavy (non-hydrogen) atoms. The van der Waals surface area contributed by atoms with Crippen LogP contribution >= 0.6 is 0 Å². The van der Waals surface area contributed by atoms with Gasteiger partial charge >= 0.3 is 6.09 Å². The molecular weight excluding hydrogens is 564 g/mol. The highest BCUT2D eigenvalue weighted by atomic mass is 16.5. The lowest BCUT2D eigenvalue weighted by Crippen LogP contribution is -2.10. The van der Waals surface area contributed by atoms with Crippen LogP contribution < -0.4 is 5.32 Å². The fourth-order valence-electron chi connectivity index (χ4n) is 5.78. The minimum Gasteiger partial charge on any atom is -0.453 e. The molecule has 4 aromatic carbocycles. The van der Waals surface area contributed by atoms with Crippen molar-refractivity contribution in [2.45, 2.75) is 27.7 Å². The number of rotatable bonds is 4. The molecule has 0 radical (unpaired) electrons. The summed E-state index contributed by atoms with van der Waals surface area (Å²) in [6.07, 6.45) is 1.30. The number of nitroso groups, excluding NO2 is 1. The molecule has 2 aliphatic carbocycles. The van der Waals surface area contributed by atoms with Gasteiger partial charge in [-0.25, -0.2) is 4.79 Å². The number of carbonyl (C=O) groups excluding carboxylic acids is 1. The molecule has 9 nitrogen and oxygen atoms in total. The Bertz CT molecular complexity index is 1970. The molecule has 1 amide bonds. The molecule has 6 aromatic rings. The largest absolute Gasteiger partial charge is 0.453 e. The Labute approximate surface area is 261 Å². The summed E-state index contributed by atoms with van der Waals surface area (Å²) in [6.45, 7) is 0. The van der Waals surface area contributed by atoms with E-state index in [0.717, 1.165) is 46.7 Å². The van der Waals surface area contributed by atoms with Crippen molar-refractivity contribution in [1.82, 2.24) is 20.4 Å². The predicted molar refractivity (Wildman–Crippen MR) is 179 cm³/mol. The van der Waals surface area contributed by atoms with Crippen molar-refractivity contribution in [3.05, 3.63) is 124 Å². The van der Waals surface area contributed by atoms with Gasteiger partial charge in [-0.3, -0.25) is 15.5 Å². The number of amides is 1. The predicted octanol–water partition coefficient (Wildman–Crippen LogP) is 9.14. The van der Waals surface area contributed by atoms with E-state index in [1.54, 1.807) is 12.1 Å². The Balaban J connectivity index is 0.000000172. The zero-order valence-corrected chi connectivity index (χ0v) is 23.2. The molecule has 0 saturated heterocycles. The fraction of sp³-hybridized carbons (Fsp3) is 0.139. The maximum atomic E-state index is 11.2. The van der Waals surface area contributed by atoms with Crippen LogP contribution in [-0.4, -0.2) is 33.6 Å². The molecule has 0 unspecified atom stereocenters. The van der Waals surface area contributed by atoms with E-state index < -0.39 is 6.09 Å². The molecular formula is C36H34N6O3. The van der Waals surface area contributed by atoms with Crippen molar-refractivity contribution >= 4 is 17.5 Å². The number of H-pyrrole nitrogens is 2. The summed E-state index contributed by atoms with van der Waals surface area (Å²) in [7, 11) is 1.34. The number of ether oxygens (including phenoxy) is 1. The Morgan fingerprint density at radius 3 is 1.64 bits per heavy atom. The summed E-state index contributed by atoms with van der Waals surface area (Å²) in [5.41, 5.74) is 14.8. The fourth-order valence-corrected chi connectivity index (χ4v) is 5.78. The number of hydrogen-bond donors (Lipinski definition) is 3. The summed E-state index contributed by atoms with van der Waals surface area (Å²) in [4.78, 5) is 21.7. The second-order valence-corrected chi connectivity index (χ2v) is 10.4. The molecule has 0 fully saturated rings. The molecule has 226 valence electrons. The second-order valence-electron chi connectivity index (χ2n) is 10.4. The molecule has 0 aliphatic heterocycles. The van der Waals surface area contributed by atoms with Crippen LogP contribution in [0.25, 0.3) is 45.0 Å². The molecule has 2 heterocycles. The highest BCUT2D eigenvalue weighted by Gasteiger charge is 2.25. The van der Waals surface area contributed by atoms with Crippen LogP contribution in [0.3, 0.4) is 0 Å². The maximum absolute atomic E-state index is 11.2. The number of anilines is 1. The normalized spacial score (nSPS) is 11.3. The van der Waals surface area contributed by atoms with Crippen LogP contribution in [0.5, 0.6) is 0 Å². The highest BCUT2D eigenvalue weighted by molar-refractivity contribution is 5.86. The Kier molecular flexibility index (Phi) is 8.71. The third kappa shape index (κ3) is 5.63. The number of nitrogens with one attached hydrogen (secondary N) is 3. The van der Waals surface area contributed by atoms with Crippen molar-refractivity contribution < 1.29 is 9.53 Å². The maximum Gasteiger partial charge on any atom is 0.411 e. The number of fused-ring (bicyclic) bond motifs is 6. The Hall–Kier alpha value is -5.83. The lowest BCUT2D eigenvalue weighted by atomic mass is 10.1. The summed E-state index contributed by atoms with van der Waals surface area (Å²) in [5.74, 6) is 0. The van der Waals surface area contributed by atoms with Crippen LogP contribution in [0, 0.1) is 4.91 Å². The number of benzene rings is 4. The van der Waals surface area contributed by atoms with Crippen LogP contribution in [-0.2, 0) is 17.6 Å². The van der Waals surface area contributed by atoms with Gasteiger partial charge in [0, 0.05) is 51.9 Å². The van der Waals surface area contributed by atoms with E-state index in [2.05, 4.69) is 72.0 Å². The van der Waals surface area contributed by atoms with Crippen LogP contribution in [0.15, 0.2) is 102 Å². The van der Waals surface area contributed by atoms with Crippen molar-refractivity contribution in [2.75, 3.05) is 12.4 Å². The van der Waals surface area contributed by atoms with E-state index in [1.807, 2.05) is 48.5 Å². The van der Waals surface area contributed by atoms with Crippen molar-refractivity contribution in [3.8, 4) is 45.0 Å². The molecule has 8 rings (SSSR count). The molecule has 3 N–H and O–H groups in total. The van der Waals surface area contributed by atoms with Crippen molar-refractivity contribution in [1.29, 1.82) is 0 Å². The standard InChI is InChI=1S/C18H15N3O2.C16H11N3O.2CH4/c1-23-18(22)19-13-8-6-11(7-9-13)16-15-10-12-4-2-3-5-14(12)17(15)21-20-16;20-19-12-7-5-10(6-8-12)15-14-9-11-3-1-2-4-13(11)16(14)18-17-15;;/h2-9H,10H2,1H3,(H,19,22)(H,20,21);1-8H,9H2,(H,17,18);2*1H4. The van der Waals surface area contributed by atoms with E-state index in [0.29, 0.717) is 11.4 Å². The van der Waals surface area contributed by atoms with Gasteiger partial charge in [0.1, 0.15) is 5.69 Å². The van der Waals surface area contributed by atoms with Crippen molar-refractivity contribution in [2.24, 2.45) is 5.18 Å². The summed E-state index contributed by atoms with van der Waals surface area (Å²) >= 11 is 0. The SMILES string of the molecule is C.C.COC(=O)Nc1ccc(-c2n[nH]c3c2Cc2ccccc2-3)cc1.O=Nc1ccc(-c2n[nH]c3c2Cc2ccccc2-3)cc1. The van der Waals surface area contributed by atoms with Gasteiger partial charge in [0.2, 0.25) is 0 Å². The lowest BCUT2D eigenvalue weighted by molar-refractivity contribution is 0.187. The number of nitrogens with zero attached hydrogens (tertiary/aromatic N) is 3. The summed E-state index contributed by atoms with van der Waals surface area (Å²) < 4.78 is 4.59. The Morgan fingerprint density at radius 1 is 0.711 bits per heavy atom. The highest BCUT2D eigenvalue weighted by Crippen LogP contribution is 2.41. The van der Waals surface area contributed by atoms with E-state index in [4.69, 9.17) is 0 Å². The minimum atomic E-state index is -0.478. The van der Waals surface area contributed by atoms with Crippen LogP contribution in [0.2, 0.25) is 0 Å². The van der Waals surface area contributed by atoms with Gasteiger partial charge in [-0.15, -0.1) is 4.91 Å². The first kappa shape index (κ1) is 30.6. The summed E-state index contributed by atoms with van der Waals surface area (Å²) in [6, 6.07) is 31.5. The zero-order valence-electron chi connectivity index (χ0n) is 23.2. The van der Waals surface area contributed by atoms with E-state index in [-0.39, 0.29) is 14.9 Å². The van der Waals surface area contributed by atoms with Crippen LogP contribution in [0.4, 0.5) is 16.2 Å². The summed E-state index contributed by atoms with van der Waals surface area (Å²) in [5, 5.41) is 20.8. The topological polar surface area (TPSA) is 125 Å². The van der Waals surface area contributed by atoms with Crippen LogP contribution in [0.1, 0.15) is 37.1 Å². The molecule has 2 aromatic heterocycles. The quantitative estimate of drug-likeness (QED) is 0.174. The van der Waals surface area contributed by atoms with Gasteiger partial charge in [0.05, 0.1) is 29.9 Å². The number of aromatic amines is 2.